The highest BCUT2D eigenvalue weighted by molar-refractivity contribution is 7.18. The van der Waals surface area contributed by atoms with Gasteiger partial charge in [-0.25, -0.2) is 0 Å². The van der Waals surface area contributed by atoms with Crippen LogP contribution < -0.4 is 5.32 Å². The zero-order chi connectivity index (χ0) is 14.7. The Kier molecular flexibility index (Phi) is 4.26. The van der Waals surface area contributed by atoms with Crippen LogP contribution in [0.2, 0.25) is 0 Å². The molecule has 2 aromatic rings. The third-order valence-corrected chi connectivity index (χ3v) is 3.41. The van der Waals surface area contributed by atoms with Crippen molar-refractivity contribution < 1.29 is 9.72 Å². The molecule has 0 saturated carbocycles. The van der Waals surface area contributed by atoms with Gasteiger partial charge in [-0.2, -0.15) is 0 Å². The fraction of sp³-hybridized carbons (Fsp3) is 0.182. The minimum Gasteiger partial charge on any atom is -0.299 e. The van der Waals surface area contributed by atoms with E-state index >= 15 is 0 Å². The van der Waals surface area contributed by atoms with E-state index in [-0.39, 0.29) is 11.6 Å². The first-order chi connectivity index (χ1) is 9.47. The first-order valence-corrected chi connectivity index (χ1v) is 6.76. The van der Waals surface area contributed by atoms with Gasteiger partial charge in [0.25, 0.3) is 5.69 Å². The lowest BCUT2D eigenvalue weighted by Crippen LogP contribution is -2.20. The minimum atomic E-state index is -0.680. The van der Waals surface area contributed by atoms with Crippen LogP contribution in [0.1, 0.15) is 6.92 Å². The number of carbonyl (C=O) groups is 1. The number of nitro groups is 1. The SMILES string of the molecule is C[C@@H](Cl)C(=O)Nc1nnc(-c2cccc([N+](=O)[O-])c2)s1. The van der Waals surface area contributed by atoms with E-state index in [0.29, 0.717) is 15.7 Å². The van der Waals surface area contributed by atoms with E-state index in [0.717, 1.165) is 11.3 Å². The van der Waals surface area contributed by atoms with Crippen molar-refractivity contribution in [2.45, 2.75) is 12.3 Å². The lowest BCUT2D eigenvalue weighted by molar-refractivity contribution is -0.384. The molecule has 0 spiro atoms. The molecule has 1 heterocycles. The highest BCUT2D eigenvalue weighted by Crippen LogP contribution is 2.28. The van der Waals surface area contributed by atoms with Crippen LogP contribution in [0.5, 0.6) is 0 Å². The standard InChI is InChI=1S/C11H9ClN4O3S/c1-6(12)9(17)13-11-15-14-10(20-11)7-3-2-4-8(5-7)16(18)19/h2-6H,1H3,(H,13,15,17)/t6-/m1/s1. The topological polar surface area (TPSA) is 98.0 Å². The number of halogens is 1. The average Bonchev–Trinajstić information content (AvgIpc) is 2.87. The van der Waals surface area contributed by atoms with Crippen LogP contribution in [-0.4, -0.2) is 26.4 Å². The van der Waals surface area contributed by atoms with Crippen LogP contribution in [0, 0.1) is 10.1 Å². The lowest BCUT2D eigenvalue weighted by Gasteiger charge is -2.00. The van der Waals surface area contributed by atoms with Gasteiger partial charge < -0.3 is 0 Å². The molecular weight excluding hydrogens is 304 g/mol. The monoisotopic (exact) mass is 312 g/mol. The molecule has 1 amide bonds. The van der Waals surface area contributed by atoms with E-state index in [2.05, 4.69) is 15.5 Å². The number of nitrogens with one attached hydrogen (secondary N) is 1. The number of rotatable bonds is 4. The number of nitro benzene ring substituents is 1. The lowest BCUT2D eigenvalue weighted by atomic mass is 10.2. The van der Waals surface area contributed by atoms with Gasteiger partial charge in [0.1, 0.15) is 10.4 Å². The zero-order valence-corrected chi connectivity index (χ0v) is 11.8. The van der Waals surface area contributed by atoms with Crippen molar-refractivity contribution in [2.24, 2.45) is 0 Å². The molecule has 0 unspecified atom stereocenters. The zero-order valence-electron chi connectivity index (χ0n) is 10.2. The number of benzene rings is 1. The van der Waals surface area contributed by atoms with Gasteiger partial charge in [0.2, 0.25) is 11.0 Å². The second-order valence-electron chi connectivity index (χ2n) is 3.83. The summed E-state index contributed by atoms with van der Waals surface area (Å²) >= 11 is 6.74. The van der Waals surface area contributed by atoms with Crippen LogP contribution in [-0.2, 0) is 4.79 Å². The molecule has 1 N–H and O–H groups in total. The van der Waals surface area contributed by atoms with Gasteiger partial charge in [-0.3, -0.25) is 20.2 Å². The summed E-state index contributed by atoms with van der Waals surface area (Å²) in [5, 5.41) is 21.0. The van der Waals surface area contributed by atoms with Gasteiger partial charge in [-0.15, -0.1) is 21.8 Å². The third-order valence-electron chi connectivity index (χ3n) is 2.32. The molecule has 20 heavy (non-hydrogen) atoms. The van der Waals surface area contributed by atoms with Gasteiger partial charge >= 0.3 is 0 Å². The third kappa shape index (κ3) is 3.28. The number of hydrogen-bond donors (Lipinski definition) is 1. The van der Waals surface area contributed by atoms with E-state index in [1.54, 1.807) is 19.1 Å². The summed E-state index contributed by atoms with van der Waals surface area (Å²) in [5.74, 6) is -0.381. The molecule has 0 aliphatic rings. The molecule has 1 atom stereocenters. The summed E-state index contributed by atoms with van der Waals surface area (Å²) in [7, 11) is 0. The molecule has 2 rings (SSSR count). The largest absolute Gasteiger partial charge is 0.299 e. The molecule has 1 aromatic heterocycles. The summed E-state index contributed by atoms with van der Waals surface area (Å²) < 4.78 is 0. The second-order valence-corrected chi connectivity index (χ2v) is 5.46. The average molecular weight is 313 g/mol. The van der Waals surface area contributed by atoms with E-state index in [1.165, 1.54) is 12.1 Å². The minimum absolute atomic E-state index is 0.0299. The molecule has 0 aliphatic heterocycles. The molecule has 0 bridgehead atoms. The van der Waals surface area contributed by atoms with Gasteiger partial charge in [0.15, 0.2) is 0 Å². The van der Waals surface area contributed by atoms with E-state index in [1.807, 2.05) is 0 Å². The molecule has 0 radical (unpaired) electrons. The fourth-order valence-corrected chi connectivity index (χ4v) is 2.15. The predicted octanol–water partition coefficient (Wildman–Crippen LogP) is 2.68. The van der Waals surface area contributed by atoms with Gasteiger partial charge in [0, 0.05) is 17.7 Å². The number of alkyl halides is 1. The summed E-state index contributed by atoms with van der Waals surface area (Å²) in [6.07, 6.45) is 0. The summed E-state index contributed by atoms with van der Waals surface area (Å²) in [6, 6.07) is 6.04. The van der Waals surface area contributed by atoms with Crippen LogP contribution >= 0.6 is 22.9 Å². The Morgan fingerprint density at radius 3 is 2.90 bits per heavy atom. The van der Waals surface area contributed by atoms with Crippen molar-refractivity contribution in [3.05, 3.63) is 34.4 Å². The Balaban J connectivity index is 2.22. The maximum atomic E-state index is 11.4. The smallest absolute Gasteiger partial charge is 0.270 e. The number of hydrogen-bond acceptors (Lipinski definition) is 6. The number of anilines is 1. The first-order valence-electron chi connectivity index (χ1n) is 5.50. The molecule has 0 aliphatic carbocycles. The predicted molar refractivity (Wildman–Crippen MR) is 75.9 cm³/mol. The van der Waals surface area contributed by atoms with Crippen molar-refractivity contribution >= 4 is 39.7 Å². The van der Waals surface area contributed by atoms with Crippen LogP contribution in [0.3, 0.4) is 0 Å². The maximum Gasteiger partial charge on any atom is 0.270 e. The number of non-ortho nitro benzene ring substituents is 1. The van der Waals surface area contributed by atoms with E-state index < -0.39 is 10.3 Å². The van der Waals surface area contributed by atoms with Gasteiger partial charge in [-0.1, -0.05) is 23.5 Å². The highest BCUT2D eigenvalue weighted by atomic mass is 35.5. The molecule has 1 aromatic carbocycles. The fourth-order valence-electron chi connectivity index (χ4n) is 1.35. The molecule has 0 fully saturated rings. The Labute approximate surface area is 122 Å². The van der Waals surface area contributed by atoms with Crippen molar-refractivity contribution in [3.63, 3.8) is 0 Å². The van der Waals surface area contributed by atoms with Crippen molar-refractivity contribution in [3.8, 4) is 10.6 Å². The van der Waals surface area contributed by atoms with Crippen molar-refractivity contribution in [2.75, 3.05) is 5.32 Å². The number of carbonyl (C=O) groups excluding carboxylic acids is 1. The van der Waals surface area contributed by atoms with Crippen molar-refractivity contribution in [1.82, 2.24) is 10.2 Å². The van der Waals surface area contributed by atoms with Crippen LogP contribution in [0.25, 0.3) is 10.6 Å². The van der Waals surface area contributed by atoms with Crippen LogP contribution in [0.15, 0.2) is 24.3 Å². The summed E-state index contributed by atoms with van der Waals surface area (Å²) in [4.78, 5) is 21.6. The second kappa shape index (κ2) is 5.93. The Bertz CT molecular complexity index is 659. The van der Waals surface area contributed by atoms with Crippen LogP contribution in [0.4, 0.5) is 10.8 Å². The Morgan fingerprint density at radius 2 is 2.25 bits per heavy atom. The Hall–Kier alpha value is -2.06. The number of nitrogens with zero attached hydrogens (tertiary/aromatic N) is 3. The summed E-state index contributed by atoms with van der Waals surface area (Å²) in [5.41, 5.74) is 0.536. The van der Waals surface area contributed by atoms with Gasteiger partial charge in [0.05, 0.1) is 4.92 Å². The number of amides is 1. The van der Waals surface area contributed by atoms with Crippen molar-refractivity contribution in [1.29, 1.82) is 0 Å². The normalized spacial score (nSPS) is 11.9. The first kappa shape index (κ1) is 14.4. The summed E-state index contributed by atoms with van der Waals surface area (Å²) in [6.45, 7) is 1.54. The Morgan fingerprint density at radius 1 is 1.50 bits per heavy atom. The highest BCUT2D eigenvalue weighted by Gasteiger charge is 2.14. The quantitative estimate of drug-likeness (QED) is 0.531. The molecule has 0 saturated heterocycles. The molecular formula is C11H9ClN4O3S. The van der Waals surface area contributed by atoms with E-state index in [9.17, 15) is 14.9 Å². The van der Waals surface area contributed by atoms with Gasteiger partial charge in [-0.05, 0) is 6.92 Å². The maximum absolute atomic E-state index is 11.4. The van der Waals surface area contributed by atoms with E-state index in [4.69, 9.17) is 11.6 Å². The molecule has 9 heteroatoms. The molecule has 104 valence electrons. The molecule has 7 nitrogen and oxygen atoms in total. The number of aromatic nitrogens is 2.